The maximum absolute atomic E-state index is 9.24. The first-order chi connectivity index (χ1) is 9.85. The molecule has 2 heteroatoms. The van der Waals surface area contributed by atoms with E-state index in [-0.39, 0.29) is 5.92 Å². The van der Waals surface area contributed by atoms with E-state index >= 15 is 0 Å². The van der Waals surface area contributed by atoms with Gasteiger partial charge < -0.3 is 5.32 Å². The smallest absolute Gasteiger partial charge is 0.0672 e. The van der Waals surface area contributed by atoms with Gasteiger partial charge in [-0.05, 0) is 24.8 Å². The molecule has 0 aliphatic heterocycles. The van der Waals surface area contributed by atoms with E-state index in [2.05, 4.69) is 48.6 Å². The summed E-state index contributed by atoms with van der Waals surface area (Å²) in [6.45, 7) is 2.24. The first-order valence-corrected chi connectivity index (χ1v) is 8.05. The van der Waals surface area contributed by atoms with Gasteiger partial charge in [0.15, 0.2) is 0 Å². The molecule has 1 aromatic rings. The summed E-state index contributed by atoms with van der Waals surface area (Å²) in [6, 6.07) is 14.0. The van der Waals surface area contributed by atoms with Crippen molar-refractivity contribution >= 4 is 0 Å². The van der Waals surface area contributed by atoms with Gasteiger partial charge in [0.25, 0.3) is 0 Å². The SMILES string of the molecule is CCCCCC(NC1CCCC1C#N)c1ccccc1. The molecule has 3 unspecified atom stereocenters. The van der Waals surface area contributed by atoms with E-state index < -0.39 is 0 Å². The maximum Gasteiger partial charge on any atom is 0.0672 e. The molecule has 1 saturated carbocycles. The molecule has 1 fully saturated rings. The fourth-order valence-electron chi connectivity index (χ4n) is 3.20. The van der Waals surface area contributed by atoms with E-state index in [9.17, 15) is 5.26 Å². The lowest BCUT2D eigenvalue weighted by atomic mass is 9.97. The normalized spacial score (nSPS) is 23.4. The highest BCUT2D eigenvalue weighted by molar-refractivity contribution is 5.19. The molecule has 0 spiro atoms. The second-order valence-electron chi connectivity index (χ2n) is 5.90. The molecule has 0 heterocycles. The van der Waals surface area contributed by atoms with Crippen LogP contribution in [0, 0.1) is 17.2 Å². The summed E-state index contributed by atoms with van der Waals surface area (Å²) in [5.74, 6) is 0.201. The Morgan fingerprint density at radius 3 is 2.75 bits per heavy atom. The molecular weight excluding hydrogens is 244 g/mol. The number of unbranched alkanes of at least 4 members (excludes halogenated alkanes) is 2. The van der Waals surface area contributed by atoms with Crippen LogP contribution < -0.4 is 5.32 Å². The number of nitriles is 1. The molecule has 1 aliphatic carbocycles. The van der Waals surface area contributed by atoms with E-state index in [1.54, 1.807) is 0 Å². The van der Waals surface area contributed by atoms with Crippen LogP contribution >= 0.6 is 0 Å². The van der Waals surface area contributed by atoms with E-state index in [0.717, 1.165) is 12.8 Å². The van der Waals surface area contributed by atoms with Gasteiger partial charge in [-0.2, -0.15) is 5.26 Å². The van der Waals surface area contributed by atoms with Gasteiger partial charge in [0.05, 0.1) is 12.0 Å². The number of hydrogen-bond donors (Lipinski definition) is 1. The van der Waals surface area contributed by atoms with Gasteiger partial charge in [-0.15, -0.1) is 0 Å². The van der Waals surface area contributed by atoms with Crippen molar-refractivity contribution < 1.29 is 0 Å². The minimum Gasteiger partial charge on any atom is -0.306 e. The van der Waals surface area contributed by atoms with Crippen molar-refractivity contribution in [1.29, 1.82) is 5.26 Å². The Labute approximate surface area is 123 Å². The van der Waals surface area contributed by atoms with Gasteiger partial charge in [-0.1, -0.05) is 62.9 Å². The number of nitrogens with one attached hydrogen (secondary N) is 1. The highest BCUT2D eigenvalue weighted by Crippen LogP contribution is 2.29. The van der Waals surface area contributed by atoms with Crippen LogP contribution in [0.15, 0.2) is 30.3 Å². The minimum atomic E-state index is 0.201. The second-order valence-corrected chi connectivity index (χ2v) is 5.90. The van der Waals surface area contributed by atoms with Crippen LogP contribution in [0.5, 0.6) is 0 Å². The highest BCUT2D eigenvalue weighted by atomic mass is 15.0. The number of hydrogen-bond acceptors (Lipinski definition) is 2. The molecule has 0 saturated heterocycles. The van der Waals surface area contributed by atoms with Crippen molar-refractivity contribution in [1.82, 2.24) is 5.32 Å². The van der Waals surface area contributed by atoms with Gasteiger partial charge in [0.2, 0.25) is 0 Å². The fraction of sp³-hybridized carbons (Fsp3) is 0.611. The monoisotopic (exact) mass is 270 g/mol. The lowest BCUT2D eigenvalue weighted by molar-refractivity contribution is 0.378. The van der Waals surface area contributed by atoms with Crippen LogP contribution in [0.3, 0.4) is 0 Å². The predicted octanol–water partition coefficient (Wildman–Crippen LogP) is 4.59. The summed E-state index contributed by atoms with van der Waals surface area (Å²) in [5.41, 5.74) is 1.37. The molecule has 108 valence electrons. The quantitative estimate of drug-likeness (QED) is 0.736. The van der Waals surface area contributed by atoms with Gasteiger partial charge in [-0.3, -0.25) is 0 Å². The highest BCUT2D eigenvalue weighted by Gasteiger charge is 2.29. The Morgan fingerprint density at radius 1 is 1.25 bits per heavy atom. The predicted molar refractivity (Wildman–Crippen MR) is 83.2 cm³/mol. The molecule has 20 heavy (non-hydrogen) atoms. The zero-order valence-electron chi connectivity index (χ0n) is 12.5. The third-order valence-electron chi connectivity index (χ3n) is 4.40. The molecule has 0 radical (unpaired) electrons. The Bertz CT molecular complexity index is 421. The summed E-state index contributed by atoms with van der Waals surface area (Å²) in [4.78, 5) is 0. The van der Waals surface area contributed by atoms with E-state index in [1.165, 1.54) is 37.7 Å². The standard InChI is InChI=1S/C18H26N2/c1-2-3-5-12-17(15-9-6-4-7-10-15)20-18-13-8-11-16(18)14-19/h4,6-7,9-10,16-18,20H,2-3,5,8,11-13H2,1H3. The van der Waals surface area contributed by atoms with Crippen LogP contribution in [-0.4, -0.2) is 6.04 Å². The molecule has 0 aromatic heterocycles. The van der Waals surface area contributed by atoms with Crippen LogP contribution in [-0.2, 0) is 0 Å². The molecular formula is C18H26N2. The van der Waals surface area contributed by atoms with Gasteiger partial charge in [-0.25, -0.2) is 0 Å². The molecule has 3 atom stereocenters. The zero-order valence-corrected chi connectivity index (χ0v) is 12.5. The number of benzene rings is 1. The lowest BCUT2D eigenvalue weighted by Gasteiger charge is -2.25. The molecule has 0 amide bonds. The summed E-state index contributed by atoms with van der Waals surface area (Å²) in [5, 5.41) is 13.0. The van der Waals surface area contributed by atoms with Gasteiger partial charge >= 0.3 is 0 Å². The third kappa shape index (κ3) is 4.08. The van der Waals surface area contributed by atoms with Gasteiger partial charge in [0.1, 0.15) is 0 Å². The molecule has 2 rings (SSSR count). The molecule has 2 nitrogen and oxygen atoms in total. The van der Waals surface area contributed by atoms with Gasteiger partial charge in [0, 0.05) is 12.1 Å². The van der Waals surface area contributed by atoms with E-state index in [0.29, 0.717) is 12.1 Å². The Hall–Kier alpha value is -1.33. The van der Waals surface area contributed by atoms with Crippen LogP contribution in [0.25, 0.3) is 0 Å². The summed E-state index contributed by atoms with van der Waals surface area (Å²) in [7, 11) is 0. The average molecular weight is 270 g/mol. The maximum atomic E-state index is 9.24. The lowest BCUT2D eigenvalue weighted by Crippen LogP contribution is -2.35. The summed E-state index contributed by atoms with van der Waals surface area (Å²) >= 11 is 0. The van der Waals surface area contributed by atoms with Crippen LogP contribution in [0.4, 0.5) is 0 Å². The average Bonchev–Trinajstić information content (AvgIpc) is 2.94. The summed E-state index contributed by atoms with van der Waals surface area (Å²) in [6.07, 6.45) is 8.37. The Balaban J connectivity index is 2.01. The van der Waals surface area contributed by atoms with Crippen molar-refractivity contribution in [2.45, 2.75) is 64.0 Å². The number of nitrogens with zero attached hydrogens (tertiary/aromatic N) is 1. The molecule has 1 aliphatic rings. The van der Waals surface area contributed by atoms with E-state index in [1.807, 2.05) is 0 Å². The first-order valence-electron chi connectivity index (χ1n) is 8.05. The van der Waals surface area contributed by atoms with Crippen molar-refractivity contribution in [3.05, 3.63) is 35.9 Å². The van der Waals surface area contributed by atoms with Crippen molar-refractivity contribution in [3.63, 3.8) is 0 Å². The topological polar surface area (TPSA) is 35.8 Å². The van der Waals surface area contributed by atoms with Crippen LogP contribution in [0.1, 0.15) is 63.5 Å². The van der Waals surface area contributed by atoms with E-state index in [4.69, 9.17) is 0 Å². The summed E-state index contributed by atoms with van der Waals surface area (Å²) < 4.78 is 0. The molecule has 0 bridgehead atoms. The van der Waals surface area contributed by atoms with Crippen molar-refractivity contribution in [2.24, 2.45) is 5.92 Å². The minimum absolute atomic E-state index is 0.201. The third-order valence-corrected chi connectivity index (χ3v) is 4.40. The first kappa shape index (κ1) is 15.1. The van der Waals surface area contributed by atoms with Crippen molar-refractivity contribution in [3.8, 4) is 6.07 Å². The number of rotatable bonds is 7. The molecule has 1 N–H and O–H groups in total. The van der Waals surface area contributed by atoms with Crippen LogP contribution in [0.2, 0.25) is 0 Å². The Morgan fingerprint density at radius 2 is 2.05 bits per heavy atom. The van der Waals surface area contributed by atoms with Crippen molar-refractivity contribution in [2.75, 3.05) is 0 Å². The largest absolute Gasteiger partial charge is 0.306 e. The second kappa shape index (κ2) is 8.07. The Kier molecular flexibility index (Phi) is 6.08. The fourth-order valence-corrected chi connectivity index (χ4v) is 3.20. The molecule has 1 aromatic carbocycles. The zero-order chi connectivity index (χ0) is 14.2.